The van der Waals surface area contributed by atoms with E-state index in [2.05, 4.69) is 0 Å². The topological polar surface area (TPSA) is 54.4 Å². The molecule has 0 amide bonds. The first-order valence-corrected chi connectivity index (χ1v) is 5.95. The van der Waals surface area contributed by atoms with Crippen LogP contribution in [0.4, 0.5) is 0 Å². The van der Waals surface area contributed by atoms with Crippen LogP contribution >= 0.6 is 0 Å². The summed E-state index contributed by atoms with van der Waals surface area (Å²) in [6.45, 7) is 11.7. The third-order valence-electron chi connectivity index (χ3n) is 3.32. The van der Waals surface area contributed by atoms with Crippen LogP contribution in [0.25, 0.3) is 0 Å². The number of aliphatic hydroxyl groups is 1. The van der Waals surface area contributed by atoms with Crippen LogP contribution < -0.4 is 0 Å². The SMILES string of the molecule is CC(C)(C)C1C(=O)C=C(O)C(=O)C1C(C)(C)C. The van der Waals surface area contributed by atoms with E-state index in [-0.39, 0.29) is 28.3 Å². The Labute approximate surface area is 103 Å². The number of hydrogen-bond donors (Lipinski definition) is 1. The van der Waals surface area contributed by atoms with Crippen molar-refractivity contribution in [2.75, 3.05) is 0 Å². The fourth-order valence-electron chi connectivity index (χ4n) is 2.59. The van der Waals surface area contributed by atoms with E-state index in [4.69, 9.17) is 0 Å². The Morgan fingerprint density at radius 2 is 1.35 bits per heavy atom. The van der Waals surface area contributed by atoms with E-state index in [0.29, 0.717) is 0 Å². The summed E-state index contributed by atoms with van der Waals surface area (Å²) in [6.07, 6.45) is 1.08. The smallest absolute Gasteiger partial charge is 0.201 e. The maximum atomic E-state index is 12.1. The monoisotopic (exact) mass is 238 g/mol. The van der Waals surface area contributed by atoms with Crippen molar-refractivity contribution in [1.82, 2.24) is 0 Å². The van der Waals surface area contributed by atoms with Gasteiger partial charge in [-0.15, -0.1) is 0 Å². The summed E-state index contributed by atoms with van der Waals surface area (Å²) in [7, 11) is 0. The zero-order valence-electron chi connectivity index (χ0n) is 11.5. The molecule has 3 nitrogen and oxygen atoms in total. The minimum atomic E-state index is -0.458. The maximum Gasteiger partial charge on any atom is 0.201 e. The number of hydrogen-bond acceptors (Lipinski definition) is 3. The van der Waals surface area contributed by atoms with Gasteiger partial charge in [-0.3, -0.25) is 9.59 Å². The average molecular weight is 238 g/mol. The Balaban J connectivity index is 3.35. The van der Waals surface area contributed by atoms with E-state index < -0.39 is 11.7 Å². The molecule has 1 aliphatic carbocycles. The van der Waals surface area contributed by atoms with Crippen LogP contribution in [0.3, 0.4) is 0 Å². The molecule has 1 aliphatic rings. The van der Waals surface area contributed by atoms with Gasteiger partial charge in [0.25, 0.3) is 0 Å². The number of Topliss-reactive ketones (excluding diaryl/α,β-unsaturated/α-hetero) is 1. The molecule has 0 radical (unpaired) electrons. The lowest BCUT2D eigenvalue weighted by Gasteiger charge is -2.42. The minimum Gasteiger partial charge on any atom is -0.504 e. The molecule has 0 bridgehead atoms. The van der Waals surface area contributed by atoms with Gasteiger partial charge in [0.1, 0.15) is 0 Å². The summed E-state index contributed by atoms with van der Waals surface area (Å²) in [4.78, 5) is 24.2. The van der Waals surface area contributed by atoms with Gasteiger partial charge in [-0.25, -0.2) is 0 Å². The molecule has 0 aromatic rings. The van der Waals surface area contributed by atoms with Crippen molar-refractivity contribution < 1.29 is 14.7 Å². The fourth-order valence-corrected chi connectivity index (χ4v) is 2.59. The van der Waals surface area contributed by atoms with Crippen LogP contribution in [0.1, 0.15) is 41.5 Å². The highest BCUT2D eigenvalue weighted by molar-refractivity contribution is 6.09. The van der Waals surface area contributed by atoms with Crippen molar-refractivity contribution in [3.63, 3.8) is 0 Å². The van der Waals surface area contributed by atoms with Gasteiger partial charge in [0.05, 0.1) is 0 Å². The standard InChI is InChI=1S/C14H22O3/c1-13(2,3)10-8(15)7-9(16)12(17)11(10)14(4,5)6/h7,10-11,16H,1-6H3. The normalized spacial score (nSPS) is 27.1. The Morgan fingerprint density at radius 3 is 1.71 bits per heavy atom. The van der Waals surface area contributed by atoms with Crippen LogP contribution in [0.15, 0.2) is 11.8 Å². The van der Waals surface area contributed by atoms with Gasteiger partial charge in [0, 0.05) is 17.9 Å². The highest BCUT2D eigenvalue weighted by Gasteiger charge is 2.49. The van der Waals surface area contributed by atoms with E-state index in [1.54, 1.807) is 0 Å². The third-order valence-corrected chi connectivity index (χ3v) is 3.32. The molecule has 0 aromatic heterocycles. The average Bonchev–Trinajstić information content (AvgIpc) is 2.06. The molecule has 3 heteroatoms. The number of aliphatic hydroxyl groups excluding tert-OH is 1. The second-order valence-corrected chi connectivity index (χ2v) is 6.98. The summed E-state index contributed by atoms with van der Waals surface area (Å²) in [5.41, 5.74) is -0.630. The van der Waals surface area contributed by atoms with Gasteiger partial charge in [-0.2, -0.15) is 0 Å². The quantitative estimate of drug-likeness (QED) is 0.706. The van der Waals surface area contributed by atoms with E-state index in [1.165, 1.54) is 0 Å². The van der Waals surface area contributed by atoms with Gasteiger partial charge in [-0.1, -0.05) is 41.5 Å². The molecule has 2 unspecified atom stereocenters. The molecule has 17 heavy (non-hydrogen) atoms. The molecular weight excluding hydrogens is 216 g/mol. The Morgan fingerprint density at radius 1 is 0.941 bits per heavy atom. The van der Waals surface area contributed by atoms with Crippen molar-refractivity contribution >= 4 is 11.6 Å². The van der Waals surface area contributed by atoms with Crippen molar-refractivity contribution in [1.29, 1.82) is 0 Å². The number of carbonyl (C=O) groups excluding carboxylic acids is 2. The Kier molecular flexibility index (Phi) is 3.25. The lowest BCUT2D eigenvalue weighted by molar-refractivity contribution is -0.140. The van der Waals surface area contributed by atoms with E-state index in [0.717, 1.165) is 6.08 Å². The molecule has 1 N–H and O–H groups in total. The molecule has 2 atom stereocenters. The predicted octanol–water partition coefficient (Wildman–Crippen LogP) is 2.90. The van der Waals surface area contributed by atoms with E-state index in [9.17, 15) is 14.7 Å². The first-order chi connectivity index (χ1) is 7.46. The van der Waals surface area contributed by atoms with Crippen molar-refractivity contribution in [3.8, 4) is 0 Å². The number of rotatable bonds is 0. The van der Waals surface area contributed by atoms with Crippen LogP contribution in [-0.4, -0.2) is 16.7 Å². The van der Waals surface area contributed by atoms with Gasteiger partial charge in [0.15, 0.2) is 11.5 Å². The van der Waals surface area contributed by atoms with Crippen LogP contribution in [0.5, 0.6) is 0 Å². The van der Waals surface area contributed by atoms with Crippen molar-refractivity contribution in [2.24, 2.45) is 22.7 Å². The predicted molar refractivity (Wildman–Crippen MR) is 66.6 cm³/mol. The first kappa shape index (κ1) is 13.9. The van der Waals surface area contributed by atoms with Crippen LogP contribution in [0.2, 0.25) is 0 Å². The van der Waals surface area contributed by atoms with Crippen molar-refractivity contribution in [2.45, 2.75) is 41.5 Å². The second kappa shape index (κ2) is 3.97. The van der Waals surface area contributed by atoms with Gasteiger partial charge < -0.3 is 5.11 Å². The highest BCUT2D eigenvalue weighted by Crippen LogP contribution is 2.45. The zero-order chi connectivity index (χ0) is 13.6. The molecule has 0 heterocycles. The van der Waals surface area contributed by atoms with Gasteiger partial charge in [0.2, 0.25) is 5.78 Å². The maximum absolute atomic E-state index is 12.1. The van der Waals surface area contributed by atoms with Crippen LogP contribution in [0, 0.1) is 22.7 Å². The molecular formula is C14H22O3. The zero-order valence-corrected chi connectivity index (χ0v) is 11.5. The molecule has 0 saturated carbocycles. The molecule has 0 spiro atoms. The first-order valence-electron chi connectivity index (χ1n) is 5.95. The summed E-state index contributed by atoms with van der Waals surface area (Å²) in [5.74, 6) is -1.67. The Hall–Kier alpha value is -1.12. The minimum absolute atomic E-state index is 0.144. The van der Waals surface area contributed by atoms with Gasteiger partial charge in [-0.05, 0) is 10.8 Å². The van der Waals surface area contributed by atoms with E-state index >= 15 is 0 Å². The molecule has 0 aliphatic heterocycles. The number of allylic oxidation sites excluding steroid dienone is 2. The van der Waals surface area contributed by atoms with Crippen LogP contribution in [-0.2, 0) is 9.59 Å². The number of carbonyl (C=O) groups is 2. The molecule has 0 aromatic carbocycles. The summed E-state index contributed by atoms with van der Waals surface area (Å²) >= 11 is 0. The lowest BCUT2D eigenvalue weighted by Crippen LogP contribution is -2.47. The van der Waals surface area contributed by atoms with Crippen molar-refractivity contribution in [3.05, 3.63) is 11.8 Å². The van der Waals surface area contributed by atoms with Gasteiger partial charge >= 0.3 is 0 Å². The van der Waals surface area contributed by atoms with E-state index in [1.807, 2.05) is 41.5 Å². The lowest BCUT2D eigenvalue weighted by atomic mass is 9.59. The Bertz CT molecular complexity index is 377. The second-order valence-electron chi connectivity index (χ2n) is 6.98. The largest absolute Gasteiger partial charge is 0.504 e. The fraction of sp³-hybridized carbons (Fsp3) is 0.714. The molecule has 1 rings (SSSR count). The number of ketones is 2. The third kappa shape index (κ3) is 2.59. The molecule has 0 saturated heterocycles. The molecule has 0 fully saturated rings. The summed E-state index contributed by atoms with van der Waals surface area (Å²) in [6, 6.07) is 0. The summed E-state index contributed by atoms with van der Waals surface area (Å²) < 4.78 is 0. The summed E-state index contributed by atoms with van der Waals surface area (Å²) in [5, 5.41) is 9.56. The highest BCUT2D eigenvalue weighted by atomic mass is 16.3. The molecule has 96 valence electrons.